The summed E-state index contributed by atoms with van der Waals surface area (Å²) in [5.41, 5.74) is 1.59. The molecule has 0 radical (unpaired) electrons. The summed E-state index contributed by atoms with van der Waals surface area (Å²) in [5.74, 6) is -0.404. The zero-order chi connectivity index (χ0) is 12.7. The maximum absolute atomic E-state index is 13.6. The van der Waals surface area contributed by atoms with E-state index >= 15 is 0 Å². The number of hydrogen-bond acceptors (Lipinski definition) is 1. The second-order valence-corrected chi connectivity index (χ2v) is 5.32. The molecule has 0 fully saturated rings. The highest BCUT2D eigenvalue weighted by molar-refractivity contribution is 7.71. The van der Waals surface area contributed by atoms with Crippen LogP contribution in [0.15, 0.2) is 24.3 Å². The smallest absolute Gasteiger partial charge is 0.178 e. The molecule has 1 N–H and O–H groups in total. The normalized spacial score (nSPS) is 19.6. The van der Waals surface area contributed by atoms with E-state index in [1.807, 2.05) is 4.57 Å². The minimum Gasteiger partial charge on any atom is -0.331 e. The van der Waals surface area contributed by atoms with Crippen molar-refractivity contribution in [3.8, 4) is 0 Å². The minimum absolute atomic E-state index is 0.120. The van der Waals surface area contributed by atoms with E-state index < -0.39 is 5.82 Å². The third-order valence-electron chi connectivity index (χ3n) is 3.37. The first-order chi connectivity index (χ1) is 8.66. The van der Waals surface area contributed by atoms with Crippen molar-refractivity contribution in [3.63, 3.8) is 0 Å². The van der Waals surface area contributed by atoms with Crippen molar-refractivity contribution < 1.29 is 4.39 Å². The largest absolute Gasteiger partial charge is 0.331 e. The molecule has 0 spiro atoms. The predicted molar refractivity (Wildman–Crippen MR) is 74.1 cm³/mol. The molecule has 1 unspecified atom stereocenters. The average Bonchev–Trinajstić information content (AvgIpc) is 2.66. The van der Waals surface area contributed by atoms with Gasteiger partial charge in [-0.3, -0.25) is 0 Å². The minimum atomic E-state index is -0.404. The maximum Gasteiger partial charge on any atom is 0.178 e. The Morgan fingerprint density at radius 3 is 2.94 bits per heavy atom. The van der Waals surface area contributed by atoms with Gasteiger partial charge in [0.1, 0.15) is 5.82 Å². The van der Waals surface area contributed by atoms with Gasteiger partial charge in [-0.1, -0.05) is 23.8 Å². The second kappa shape index (κ2) is 4.52. The molecule has 3 rings (SSSR count). The first-order valence-electron chi connectivity index (χ1n) is 5.91. The Kier molecular flexibility index (Phi) is 2.99. The van der Waals surface area contributed by atoms with Gasteiger partial charge in [-0.05, 0) is 37.5 Å². The van der Waals surface area contributed by atoms with Gasteiger partial charge in [-0.15, -0.1) is 0 Å². The topological polar surface area (TPSA) is 20.7 Å². The van der Waals surface area contributed by atoms with Gasteiger partial charge in [0.05, 0.1) is 16.1 Å². The Hall–Kier alpha value is -1.13. The van der Waals surface area contributed by atoms with Crippen molar-refractivity contribution in [2.75, 3.05) is 0 Å². The number of benzene rings is 1. The molecule has 0 bridgehead atoms. The number of allylic oxidation sites excluding steroid dienone is 2. The van der Waals surface area contributed by atoms with Crippen molar-refractivity contribution >= 4 is 34.9 Å². The summed E-state index contributed by atoms with van der Waals surface area (Å²) in [5, 5.41) is 0.120. The van der Waals surface area contributed by atoms with Crippen LogP contribution in [0, 0.1) is 10.6 Å². The first kappa shape index (κ1) is 11.9. The monoisotopic (exact) mass is 282 g/mol. The molecule has 1 aromatic heterocycles. The predicted octanol–water partition coefficient (Wildman–Crippen LogP) is 4.77. The van der Waals surface area contributed by atoms with Gasteiger partial charge in [0.15, 0.2) is 4.77 Å². The van der Waals surface area contributed by atoms with Gasteiger partial charge in [0.25, 0.3) is 0 Å². The molecule has 0 saturated carbocycles. The zero-order valence-electron chi connectivity index (χ0n) is 9.62. The number of halogens is 2. The number of nitrogens with zero attached hydrogens (tertiary/aromatic N) is 1. The number of hydrogen-bond donors (Lipinski definition) is 1. The van der Waals surface area contributed by atoms with Crippen LogP contribution in [-0.4, -0.2) is 9.55 Å². The molecular weight excluding hydrogens is 271 g/mol. The molecule has 0 saturated heterocycles. The van der Waals surface area contributed by atoms with Gasteiger partial charge < -0.3 is 9.55 Å². The van der Waals surface area contributed by atoms with Crippen molar-refractivity contribution in [3.05, 3.63) is 39.9 Å². The molecule has 1 aliphatic rings. The van der Waals surface area contributed by atoms with Gasteiger partial charge in [0.2, 0.25) is 0 Å². The molecule has 1 aliphatic carbocycles. The fourth-order valence-electron chi connectivity index (χ4n) is 2.50. The van der Waals surface area contributed by atoms with E-state index in [0.29, 0.717) is 10.8 Å². The van der Waals surface area contributed by atoms with Gasteiger partial charge in [-0.25, -0.2) is 4.39 Å². The van der Waals surface area contributed by atoms with E-state index in [4.69, 9.17) is 23.8 Å². The number of fused-ring (bicyclic) bond motifs is 1. The SMILES string of the molecule is Fc1cc2c(cc1Cl)[nH]c(=S)n2C1CC=CCC1. The second-order valence-electron chi connectivity index (χ2n) is 4.52. The summed E-state index contributed by atoms with van der Waals surface area (Å²) in [4.78, 5) is 3.09. The van der Waals surface area contributed by atoms with E-state index in [1.54, 1.807) is 6.07 Å². The molecule has 0 aliphatic heterocycles. The molecule has 18 heavy (non-hydrogen) atoms. The summed E-state index contributed by atoms with van der Waals surface area (Å²) in [7, 11) is 0. The van der Waals surface area contributed by atoms with Gasteiger partial charge >= 0.3 is 0 Å². The van der Waals surface area contributed by atoms with Crippen molar-refractivity contribution in [1.29, 1.82) is 0 Å². The van der Waals surface area contributed by atoms with Crippen LogP contribution >= 0.6 is 23.8 Å². The van der Waals surface area contributed by atoms with Crippen molar-refractivity contribution in [2.24, 2.45) is 0 Å². The van der Waals surface area contributed by atoms with Crippen LogP contribution < -0.4 is 0 Å². The lowest BCUT2D eigenvalue weighted by Crippen LogP contribution is -2.10. The van der Waals surface area contributed by atoms with Crippen LogP contribution in [0.2, 0.25) is 5.02 Å². The Morgan fingerprint density at radius 2 is 2.22 bits per heavy atom. The number of imidazole rings is 1. The lowest BCUT2D eigenvalue weighted by atomic mass is 10.0. The highest BCUT2D eigenvalue weighted by Gasteiger charge is 2.17. The fraction of sp³-hybridized carbons (Fsp3) is 0.308. The number of nitrogens with one attached hydrogen (secondary N) is 1. The summed E-state index contributed by atoms with van der Waals surface area (Å²) in [6, 6.07) is 3.36. The Labute approximate surface area is 114 Å². The number of rotatable bonds is 1. The average molecular weight is 283 g/mol. The van der Waals surface area contributed by atoms with Crippen LogP contribution in [0.25, 0.3) is 11.0 Å². The fourth-order valence-corrected chi connectivity index (χ4v) is 3.02. The van der Waals surface area contributed by atoms with Crippen LogP contribution in [0.5, 0.6) is 0 Å². The van der Waals surface area contributed by atoms with Crippen molar-refractivity contribution in [1.82, 2.24) is 9.55 Å². The number of aromatic amines is 1. The lowest BCUT2D eigenvalue weighted by Gasteiger charge is -2.20. The third-order valence-corrected chi connectivity index (χ3v) is 3.95. The molecule has 94 valence electrons. The molecular formula is C13H12ClFN2S. The number of H-pyrrole nitrogens is 1. The standard InChI is InChI=1S/C13H12ClFN2S/c14-9-6-11-12(7-10(9)15)17(13(18)16-11)8-4-2-1-3-5-8/h1-2,6-8H,3-5H2,(H,16,18). The number of aromatic nitrogens is 2. The van der Waals surface area contributed by atoms with Crippen LogP contribution in [0.3, 0.4) is 0 Å². The third kappa shape index (κ3) is 1.89. The van der Waals surface area contributed by atoms with Gasteiger partial charge in [-0.2, -0.15) is 0 Å². The van der Waals surface area contributed by atoms with Crippen LogP contribution in [-0.2, 0) is 0 Å². The van der Waals surface area contributed by atoms with Crippen molar-refractivity contribution in [2.45, 2.75) is 25.3 Å². The summed E-state index contributed by atoms with van der Waals surface area (Å²) >= 11 is 11.1. The Balaban J connectivity index is 2.22. The van der Waals surface area contributed by atoms with Gasteiger partial charge in [0, 0.05) is 12.1 Å². The molecule has 2 nitrogen and oxygen atoms in total. The van der Waals surface area contributed by atoms with Crippen LogP contribution in [0.1, 0.15) is 25.3 Å². The summed E-state index contributed by atoms with van der Waals surface area (Å²) in [6.07, 6.45) is 7.33. The quantitative estimate of drug-likeness (QED) is 0.590. The van der Waals surface area contributed by atoms with E-state index in [-0.39, 0.29) is 5.02 Å². The highest BCUT2D eigenvalue weighted by Crippen LogP contribution is 2.30. The summed E-state index contributed by atoms with van der Waals surface area (Å²) in [6.45, 7) is 0. The summed E-state index contributed by atoms with van der Waals surface area (Å²) < 4.78 is 16.2. The van der Waals surface area contributed by atoms with E-state index in [1.165, 1.54) is 6.07 Å². The first-order valence-corrected chi connectivity index (χ1v) is 6.69. The van der Waals surface area contributed by atoms with E-state index in [9.17, 15) is 4.39 Å². The molecule has 2 aromatic rings. The maximum atomic E-state index is 13.6. The zero-order valence-corrected chi connectivity index (χ0v) is 11.2. The lowest BCUT2D eigenvalue weighted by molar-refractivity contribution is 0.467. The molecule has 0 amide bonds. The molecule has 1 aromatic carbocycles. The highest BCUT2D eigenvalue weighted by atomic mass is 35.5. The Bertz CT molecular complexity index is 686. The molecule has 1 heterocycles. The molecule has 5 heteroatoms. The van der Waals surface area contributed by atoms with E-state index in [0.717, 1.165) is 30.3 Å². The van der Waals surface area contributed by atoms with E-state index in [2.05, 4.69) is 17.1 Å². The van der Waals surface area contributed by atoms with Crippen LogP contribution in [0.4, 0.5) is 4.39 Å². The Morgan fingerprint density at radius 1 is 1.39 bits per heavy atom. The molecule has 1 atom stereocenters.